The van der Waals surface area contributed by atoms with E-state index in [1.807, 2.05) is 25.1 Å². The lowest BCUT2D eigenvalue weighted by Gasteiger charge is -2.22. The smallest absolute Gasteiger partial charge is 0.243 e. The molecule has 0 saturated carbocycles. The van der Waals surface area contributed by atoms with E-state index in [2.05, 4.69) is 10.6 Å². The number of hydrogen-bond donors (Lipinski definition) is 2. The first kappa shape index (κ1) is 13.1. The number of rotatable bonds is 3. The normalized spacial score (nSPS) is 19.8. The highest BCUT2D eigenvalue weighted by atomic mass is 35.5. The molecule has 1 aromatic carbocycles. The van der Waals surface area contributed by atoms with Gasteiger partial charge in [-0.05, 0) is 30.5 Å². The molecule has 0 aromatic heterocycles. The van der Waals surface area contributed by atoms with Gasteiger partial charge in [0.2, 0.25) is 11.8 Å². The summed E-state index contributed by atoms with van der Waals surface area (Å²) in [5, 5.41) is 6.15. The van der Waals surface area contributed by atoms with Gasteiger partial charge < -0.3 is 5.32 Å². The van der Waals surface area contributed by atoms with Crippen molar-refractivity contribution in [2.24, 2.45) is 0 Å². The van der Waals surface area contributed by atoms with Gasteiger partial charge in [0, 0.05) is 18.0 Å². The maximum atomic E-state index is 11.6. The van der Waals surface area contributed by atoms with Crippen molar-refractivity contribution in [3.63, 3.8) is 0 Å². The van der Waals surface area contributed by atoms with Crippen LogP contribution in [0.1, 0.15) is 24.0 Å². The standard InChI is InChI=1S/C13H15ClN2O2/c1-8-3-2-4-10(14)9(8)7-15-11-5-6-12(17)16-13(11)18/h2-4,11,15H,5-7H2,1H3,(H,16,17,18). The Bertz CT molecular complexity index is 468. The van der Waals surface area contributed by atoms with E-state index in [0.29, 0.717) is 24.4 Å². The minimum atomic E-state index is -0.321. The fourth-order valence-electron chi connectivity index (χ4n) is 2.00. The van der Waals surface area contributed by atoms with Crippen molar-refractivity contribution in [3.05, 3.63) is 34.3 Å². The summed E-state index contributed by atoms with van der Waals surface area (Å²) in [6, 6.07) is 5.38. The molecule has 1 aliphatic heterocycles. The zero-order chi connectivity index (χ0) is 13.1. The van der Waals surface area contributed by atoms with E-state index < -0.39 is 0 Å². The number of piperidine rings is 1. The maximum Gasteiger partial charge on any atom is 0.243 e. The van der Waals surface area contributed by atoms with Crippen molar-refractivity contribution in [1.29, 1.82) is 0 Å². The molecule has 1 aromatic rings. The number of carbonyl (C=O) groups is 2. The number of benzene rings is 1. The molecular weight excluding hydrogens is 252 g/mol. The zero-order valence-corrected chi connectivity index (χ0v) is 10.9. The van der Waals surface area contributed by atoms with Crippen LogP contribution >= 0.6 is 11.6 Å². The number of imide groups is 1. The number of aryl methyl sites for hydroxylation is 1. The molecule has 1 fully saturated rings. The van der Waals surface area contributed by atoms with Crippen LogP contribution in [0, 0.1) is 6.92 Å². The fraction of sp³-hybridized carbons (Fsp3) is 0.385. The lowest BCUT2D eigenvalue weighted by atomic mass is 10.0. The topological polar surface area (TPSA) is 58.2 Å². The van der Waals surface area contributed by atoms with Crippen LogP contribution in [0.25, 0.3) is 0 Å². The molecule has 0 spiro atoms. The summed E-state index contributed by atoms with van der Waals surface area (Å²) in [6.45, 7) is 2.51. The van der Waals surface area contributed by atoms with Crippen LogP contribution in [0.4, 0.5) is 0 Å². The molecule has 1 aliphatic rings. The van der Waals surface area contributed by atoms with Crippen molar-refractivity contribution < 1.29 is 9.59 Å². The van der Waals surface area contributed by atoms with Crippen LogP contribution in [-0.4, -0.2) is 17.9 Å². The van der Waals surface area contributed by atoms with Gasteiger partial charge in [-0.2, -0.15) is 0 Å². The first-order chi connectivity index (χ1) is 8.58. The summed E-state index contributed by atoms with van der Waals surface area (Å²) in [5.41, 5.74) is 2.08. The average molecular weight is 267 g/mol. The molecule has 1 unspecified atom stereocenters. The summed E-state index contributed by atoms with van der Waals surface area (Å²) in [5.74, 6) is -0.456. The molecule has 96 valence electrons. The summed E-state index contributed by atoms with van der Waals surface area (Å²) >= 11 is 6.11. The van der Waals surface area contributed by atoms with Crippen LogP contribution in [0.5, 0.6) is 0 Å². The quantitative estimate of drug-likeness (QED) is 0.816. The second-order valence-electron chi connectivity index (χ2n) is 4.42. The predicted octanol–water partition coefficient (Wildman–Crippen LogP) is 1.54. The largest absolute Gasteiger partial charge is 0.302 e. The molecule has 5 heteroatoms. The molecule has 1 atom stereocenters. The monoisotopic (exact) mass is 266 g/mol. The molecule has 4 nitrogen and oxygen atoms in total. The van der Waals surface area contributed by atoms with Crippen molar-refractivity contribution in [3.8, 4) is 0 Å². The predicted molar refractivity (Wildman–Crippen MR) is 69.2 cm³/mol. The molecule has 0 bridgehead atoms. The van der Waals surface area contributed by atoms with Gasteiger partial charge in [0.05, 0.1) is 6.04 Å². The molecule has 1 saturated heterocycles. The maximum absolute atomic E-state index is 11.6. The second-order valence-corrected chi connectivity index (χ2v) is 4.83. The average Bonchev–Trinajstić information content (AvgIpc) is 2.31. The molecule has 2 rings (SSSR count). The van der Waals surface area contributed by atoms with Gasteiger partial charge in [-0.25, -0.2) is 0 Å². The van der Waals surface area contributed by atoms with Crippen LogP contribution in [0.15, 0.2) is 18.2 Å². The minimum Gasteiger partial charge on any atom is -0.302 e. The van der Waals surface area contributed by atoms with E-state index in [9.17, 15) is 9.59 Å². The number of amides is 2. The number of hydrogen-bond acceptors (Lipinski definition) is 3. The highest BCUT2D eigenvalue weighted by Crippen LogP contribution is 2.19. The third kappa shape index (κ3) is 2.89. The van der Waals surface area contributed by atoms with Gasteiger partial charge in [-0.1, -0.05) is 23.7 Å². The third-order valence-corrected chi connectivity index (χ3v) is 3.47. The van der Waals surface area contributed by atoms with E-state index >= 15 is 0 Å². The van der Waals surface area contributed by atoms with Crippen LogP contribution < -0.4 is 10.6 Å². The zero-order valence-electron chi connectivity index (χ0n) is 10.1. The molecule has 0 aliphatic carbocycles. The molecule has 2 amide bonds. The summed E-state index contributed by atoms with van der Waals surface area (Å²) in [6.07, 6.45) is 0.916. The van der Waals surface area contributed by atoms with Gasteiger partial charge in [0.25, 0.3) is 0 Å². The second kappa shape index (κ2) is 5.50. The van der Waals surface area contributed by atoms with E-state index in [0.717, 1.165) is 11.1 Å². The lowest BCUT2D eigenvalue weighted by Crippen LogP contribution is -2.50. The van der Waals surface area contributed by atoms with Crippen molar-refractivity contribution in [2.75, 3.05) is 0 Å². The summed E-state index contributed by atoms with van der Waals surface area (Å²) in [4.78, 5) is 22.6. The summed E-state index contributed by atoms with van der Waals surface area (Å²) in [7, 11) is 0. The molecular formula is C13H15ClN2O2. The van der Waals surface area contributed by atoms with Crippen LogP contribution in [0.3, 0.4) is 0 Å². The molecule has 18 heavy (non-hydrogen) atoms. The molecule has 2 N–H and O–H groups in total. The van der Waals surface area contributed by atoms with Crippen LogP contribution in [-0.2, 0) is 16.1 Å². The number of halogens is 1. The first-order valence-corrected chi connectivity index (χ1v) is 6.27. The van der Waals surface area contributed by atoms with Gasteiger partial charge in [0.15, 0.2) is 0 Å². The first-order valence-electron chi connectivity index (χ1n) is 5.89. The highest BCUT2D eigenvalue weighted by molar-refractivity contribution is 6.31. The van der Waals surface area contributed by atoms with Gasteiger partial charge in [-0.3, -0.25) is 14.9 Å². The van der Waals surface area contributed by atoms with Gasteiger partial charge in [0.1, 0.15) is 0 Å². The van der Waals surface area contributed by atoms with Crippen molar-refractivity contribution in [1.82, 2.24) is 10.6 Å². The SMILES string of the molecule is Cc1cccc(Cl)c1CNC1CCC(=O)NC1=O. The van der Waals surface area contributed by atoms with Crippen molar-refractivity contribution in [2.45, 2.75) is 32.4 Å². The Morgan fingerprint density at radius 3 is 2.89 bits per heavy atom. The highest BCUT2D eigenvalue weighted by Gasteiger charge is 2.26. The summed E-state index contributed by atoms with van der Waals surface area (Å²) < 4.78 is 0. The Hall–Kier alpha value is -1.39. The van der Waals surface area contributed by atoms with E-state index in [1.54, 1.807) is 0 Å². The van der Waals surface area contributed by atoms with Crippen molar-refractivity contribution >= 4 is 23.4 Å². The molecule has 1 heterocycles. The number of carbonyl (C=O) groups excluding carboxylic acids is 2. The minimum absolute atomic E-state index is 0.202. The Labute approximate surface area is 111 Å². The Balaban J connectivity index is 1.99. The number of nitrogens with one attached hydrogen (secondary N) is 2. The Kier molecular flexibility index (Phi) is 3.99. The molecule has 0 radical (unpaired) electrons. The fourth-order valence-corrected chi connectivity index (χ4v) is 2.29. The van der Waals surface area contributed by atoms with E-state index in [4.69, 9.17) is 11.6 Å². The van der Waals surface area contributed by atoms with Crippen LogP contribution in [0.2, 0.25) is 5.02 Å². The van der Waals surface area contributed by atoms with Gasteiger partial charge >= 0.3 is 0 Å². The third-order valence-electron chi connectivity index (χ3n) is 3.12. The van der Waals surface area contributed by atoms with E-state index in [-0.39, 0.29) is 17.9 Å². The Morgan fingerprint density at radius 1 is 1.44 bits per heavy atom. The lowest BCUT2D eigenvalue weighted by molar-refractivity contribution is -0.134. The Morgan fingerprint density at radius 2 is 2.22 bits per heavy atom. The van der Waals surface area contributed by atoms with E-state index in [1.165, 1.54) is 0 Å². The van der Waals surface area contributed by atoms with Gasteiger partial charge in [-0.15, -0.1) is 0 Å².